The van der Waals surface area contributed by atoms with E-state index in [1.54, 1.807) is 11.0 Å². The number of halogens is 1. The quantitative estimate of drug-likeness (QED) is 0.807. The van der Waals surface area contributed by atoms with Gasteiger partial charge in [-0.05, 0) is 53.8 Å². The van der Waals surface area contributed by atoms with E-state index in [1.807, 2.05) is 43.3 Å². The molecular formula is C22H27ClN2O2. The van der Waals surface area contributed by atoms with Gasteiger partial charge in [0.1, 0.15) is 0 Å². The summed E-state index contributed by atoms with van der Waals surface area (Å²) in [5.41, 5.74) is 3.56. The van der Waals surface area contributed by atoms with Crippen LogP contribution in [0.3, 0.4) is 0 Å². The molecule has 2 aromatic rings. The van der Waals surface area contributed by atoms with Gasteiger partial charge in [0.05, 0.1) is 0 Å². The maximum atomic E-state index is 12.4. The molecule has 1 N–H and O–H groups in total. The number of benzene rings is 2. The fraction of sp³-hybridized carbons (Fsp3) is 0.364. The fourth-order valence-corrected chi connectivity index (χ4v) is 3.10. The van der Waals surface area contributed by atoms with Gasteiger partial charge in [-0.3, -0.25) is 9.59 Å². The molecule has 2 rings (SSSR count). The largest absolute Gasteiger partial charge is 0.350 e. The predicted molar refractivity (Wildman–Crippen MR) is 112 cm³/mol. The van der Waals surface area contributed by atoms with Crippen molar-refractivity contribution in [2.24, 2.45) is 0 Å². The summed E-state index contributed by atoms with van der Waals surface area (Å²) in [6.07, 6.45) is 0. The Kier molecular flexibility index (Phi) is 6.66. The van der Waals surface area contributed by atoms with Crippen LogP contribution in [0, 0.1) is 6.92 Å². The molecule has 0 aliphatic heterocycles. The van der Waals surface area contributed by atoms with E-state index < -0.39 is 0 Å². The Morgan fingerprint density at radius 1 is 1.07 bits per heavy atom. The number of anilines is 1. The molecule has 27 heavy (non-hydrogen) atoms. The zero-order valence-electron chi connectivity index (χ0n) is 16.6. The van der Waals surface area contributed by atoms with Crippen molar-refractivity contribution in [1.82, 2.24) is 5.32 Å². The highest BCUT2D eigenvalue weighted by atomic mass is 35.5. The second kappa shape index (κ2) is 8.57. The van der Waals surface area contributed by atoms with E-state index in [0.717, 1.165) is 11.3 Å². The number of amides is 2. The van der Waals surface area contributed by atoms with Crippen molar-refractivity contribution in [1.29, 1.82) is 0 Å². The molecule has 0 saturated heterocycles. The van der Waals surface area contributed by atoms with Gasteiger partial charge in [-0.25, -0.2) is 0 Å². The first-order valence-electron chi connectivity index (χ1n) is 9.02. The van der Waals surface area contributed by atoms with E-state index in [2.05, 4.69) is 26.1 Å². The number of carbonyl (C=O) groups is 2. The molecule has 0 aromatic heterocycles. The molecule has 144 valence electrons. The van der Waals surface area contributed by atoms with Crippen molar-refractivity contribution in [2.75, 3.05) is 18.0 Å². The third kappa shape index (κ3) is 5.57. The van der Waals surface area contributed by atoms with Gasteiger partial charge in [-0.2, -0.15) is 0 Å². The lowest BCUT2D eigenvalue weighted by molar-refractivity contribution is -0.116. The summed E-state index contributed by atoms with van der Waals surface area (Å²) in [5, 5.41) is 3.52. The SMILES string of the molecule is CC(=O)N(CCNC(=O)c1ccc(C(C)(C)C)cc1)c1ccc(Cl)cc1C. The number of hydrogen-bond donors (Lipinski definition) is 1. The first kappa shape index (κ1) is 21.0. The minimum Gasteiger partial charge on any atom is -0.350 e. The molecule has 0 unspecified atom stereocenters. The van der Waals surface area contributed by atoms with Crippen LogP contribution in [0.4, 0.5) is 5.69 Å². The normalized spacial score (nSPS) is 11.2. The minimum atomic E-state index is -0.146. The van der Waals surface area contributed by atoms with E-state index >= 15 is 0 Å². The summed E-state index contributed by atoms with van der Waals surface area (Å²) in [4.78, 5) is 26.1. The van der Waals surface area contributed by atoms with Crippen LogP contribution in [0.1, 0.15) is 49.2 Å². The minimum absolute atomic E-state index is 0.0490. The molecule has 0 fully saturated rings. The van der Waals surface area contributed by atoms with Gasteiger partial charge in [0, 0.05) is 36.3 Å². The smallest absolute Gasteiger partial charge is 0.251 e. The molecule has 0 saturated carbocycles. The van der Waals surface area contributed by atoms with Crippen molar-refractivity contribution < 1.29 is 9.59 Å². The van der Waals surface area contributed by atoms with Crippen molar-refractivity contribution in [3.63, 3.8) is 0 Å². The molecule has 0 aliphatic carbocycles. The summed E-state index contributed by atoms with van der Waals surface area (Å²) in [6, 6.07) is 13.0. The Bertz CT molecular complexity index is 823. The zero-order valence-corrected chi connectivity index (χ0v) is 17.4. The molecule has 0 heterocycles. The molecule has 2 aromatic carbocycles. The highest BCUT2D eigenvalue weighted by molar-refractivity contribution is 6.30. The molecular weight excluding hydrogens is 360 g/mol. The van der Waals surface area contributed by atoms with E-state index in [-0.39, 0.29) is 17.2 Å². The molecule has 0 aliphatic rings. The van der Waals surface area contributed by atoms with Gasteiger partial charge in [0.2, 0.25) is 5.91 Å². The Morgan fingerprint density at radius 2 is 1.70 bits per heavy atom. The maximum Gasteiger partial charge on any atom is 0.251 e. The summed E-state index contributed by atoms with van der Waals surface area (Å²) in [7, 11) is 0. The van der Waals surface area contributed by atoms with E-state index in [4.69, 9.17) is 11.6 Å². The first-order valence-corrected chi connectivity index (χ1v) is 9.40. The molecule has 0 radical (unpaired) electrons. The fourth-order valence-electron chi connectivity index (χ4n) is 2.87. The molecule has 0 spiro atoms. The molecule has 5 heteroatoms. The van der Waals surface area contributed by atoms with Crippen LogP contribution in [0.25, 0.3) is 0 Å². The van der Waals surface area contributed by atoms with Crippen LogP contribution in [-0.4, -0.2) is 24.9 Å². The molecule has 0 bridgehead atoms. The van der Waals surface area contributed by atoms with Gasteiger partial charge in [-0.1, -0.05) is 44.5 Å². The van der Waals surface area contributed by atoms with Crippen LogP contribution >= 0.6 is 11.6 Å². The molecule has 0 atom stereocenters. The highest BCUT2D eigenvalue weighted by Gasteiger charge is 2.16. The Labute approximate surface area is 166 Å². The summed E-state index contributed by atoms with van der Waals surface area (Å²) in [6.45, 7) is 10.6. The number of aryl methyl sites for hydroxylation is 1. The van der Waals surface area contributed by atoms with Crippen LogP contribution in [0.5, 0.6) is 0 Å². The van der Waals surface area contributed by atoms with Crippen LogP contribution in [0.2, 0.25) is 5.02 Å². The van der Waals surface area contributed by atoms with Gasteiger partial charge in [-0.15, -0.1) is 0 Å². The third-order valence-electron chi connectivity index (χ3n) is 4.46. The Hall–Kier alpha value is -2.33. The van der Waals surface area contributed by atoms with Crippen molar-refractivity contribution in [2.45, 2.75) is 40.0 Å². The second-order valence-corrected chi connectivity index (χ2v) is 8.12. The average molecular weight is 387 g/mol. The number of nitrogens with zero attached hydrogens (tertiary/aromatic N) is 1. The summed E-state index contributed by atoms with van der Waals surface area (Å²) in [5.74, 6) is -0.226. The highest BCUT2D eigenvalue weighted by Crippen LogP contribution is 2.24. The number of nitrogens with one attached hydrogen (secondary N) is 1. The lowest BCUT2D eigenvalue weighted by atomic mass is 9.87. The predicted octanol–water partition coefficient (Wildman–Crippen LogP) is 4.73. The molecule has 4 nitrogen and oxygen atoms in total. The van der Waals surface area contributed by atoms with Gasteiger partial charge in [0.15, 0.2) is 0 Å². The second-order valence-electron chi connectivity index (χ2n) is 7.68. The third-order valence-corrected chi connectivity index (χ3v) is 4.70. The number of hydrogen-bond acceptors (Lipinski definition) is 2. The standard InChI is InChI=1S/C22H27ClN2O2/c1-15-14-19(23)10-11-20(15)25(16(2)26)13-12-24-21(27)17-6-8-18(9-7-17)22(3,4)5/h6-11,14H,12-13H2,1-5H3,(H,24,27). The van der Waals surface area contributed by atoms with Crippen LogP contribution in [0.15, 0.2) is 42.5 Å². The number of rotatable bonds is 5. The van der Waals surface area contributed by atoms with Crippen LogP contribution < -0.4 is 10.2 Å². The monoisotopic (exact) mass is 386 g/mol. The van der Waals surface area contributed by atoms with Crippen molar-refractivity contribution in [3.8, 4) is 0 Å². The topological polar surface area (TPSA) is 49.4 Å². The van der Waals surface area contributed by atoms with Crippen molar-refractivity contribution >= 4 is 29.1 Å². The van der Waals surface area contributed by atoms with E-state index in [0.29, 0.717) is 23.7 Å². The van der Waals surface area contributed by atoms with Gasteiger partial charge >= 0.3 is 0 Å². The lowest BCUT2D eigenvalue weighted by Gasteiger charge is -2.23. The Balaban J connectivity index is 2.00. The van der Waals surface area contributed by atoms with Crippen LogP contribution in [-0.2, 0) is 10.2 Å². The summed E-state index contributed by atoms with van der Waals surface area (Å²) < 4.78 is 0. The van der Waals surface area contributed by atoms with E-state index in [1.165, 1.54) is 12.5 Å². The van der Waals surface area contributed by atoms with E-state index in [9.17, 15) is 9.59 Å². The average Bonchev–Trinajstić information content (AvgIpc) is 2.58. The molecule has 2 amide bonds. The first-order chi connectivity index (χ1) is 12.6. The zero-order chi connectivity index (χ0) is 20.2. The maximum absolute atomic E-state index is 12.4. The van der Waals surface area contributed by atoms with Crippen molar-refractivity contribution in [3.05, 3.63) is 64.2 Å². The number of carbonyl (C=O) groups excluding carboxylic acids is 2. The Morgan fingerprint density at radius 3 is 2.22 bits per heavy atom. The van der Waals surface area contributed by atoms with Gasteiger partial charge < -0.3 is 10.2 Å². The van der Waals surface area contributed by atoms with Gasteiger partial charge in [0.25, 0.3) is 5.91 Å². The summed E-state index contributed by atoms with van der Waals surface area (Å²) >= 11 is 5.99. The lowest BCUT2D eigenvalue weighted by Crippen LogP contribution is -2.38.